The zero-order valence-corrected chi connectivity index (χ0v) is 11.1. The first-order valence-electron chi connectivity index (χ1n) is 5.38. The van der Waals surface area contributed by atoms with Crippen LogP contribution < -0.4 is 10.6 Å². The molecular formula is C11H12N4O3S. The number of carbonyl (C=O) groups is 2. The van der Waals surface area contributed by atoms with Gasteiger partial charge in [-0.1, -0.05) is 0 Å². The summed E-state index contributed by atoms with van der Waals surface area (Å²) in [4.78, 5) is 29.4. The lowest BCUT2D eigenvalue weighted by atomic mass is 10.3. The number of hydrogen-bond acceptors (Lipinski definition) is 4. The first-order valence-corrected chi connectivity index (χ1v) is 6.26. The van der Waals surface area contributed by atoms with Crippen molar-refractivity contribution in [2.75, 3.05) is 10.6 Å². The van der Waals surface area contributed by atoms with Gasteiger partial charge in [-0.2, -0.15) is 0 Å². The maximum Gasteiger partial charge on any atom is 0.354 e. The molecular weight excluding hydrogens is 268 g/mol. The number of H-pyrrole nitrogens is 1. The number of aromatic amines is 1. The number of aromatic carboxylic acids is 1. The van der Waals surface area contributed by atoms with Crippen LogP contribution in [-0.2, 0) is 0 Å². The number of aromatic nitrogens is 2. The number of aryl methyl sites for hydroxylation is 2. The van der Waals surface area contributed by atoms with E-state index in [9.17, 15) is 9.59 Å². The normalized spacial score (nSPS) is 10.2. The summed E-state index contributed by atoms with van der Waals surface area (Å²) < 4.78 is 0. The van der Waals surface area contributed by atoms with Gasteiger partial charge in [-0.25, -0.2) is 14.6 Å². The minimum Gasteiger partial charge on any atom is -0.477 e. The summed E-state index contributed by atoms with van der Waals surface area (Å²) in [6, 6.07) is 1.02. The standard InChI is InChI=1S/C11H12N4O3S/c1-5-3-7(8(12-5)9(16)17)14-10(18)15-11-13-6(2)4-19-11/h3-4,12H,1-2H3,(H,16,17)(H2,13,14,15,18). The maximum atomic E-state index is 11.7. The molecule has 0 spiro atoms. The first kappa shape index (κ1) is 13.1. The molecule has 8 heteroatoms. The second kappa shape index (κ2) is 5.11. The van der Waals surface area contributed by atoms with E-state index in [0.29, 0.717) is 10.8 Å². The van der Waals surface area contributed by atoms with Crippen LogP contribution in [0.1, 0.15) is 21.9 Å². The molecule has 2 heterocycles. The highest BCUT2D eigenvalue weighted by molar-refractivity contribution is 7.13. The third-order valence-electron chi connectivity index (χ3n) is 2.25. The number of thiazole rings is 1. The van der Waals surface area contributed by atoms with Crippen LogP contribution >= 0.6 is 11.3 Å². The molecule has 100 valence electrons. The van der Waals surface area contributed by atoms with Crippen molar-refractivity contribution in [2.24, 2.45) is 0 Å². The second-order valence-corrected chi connectivity index (χ2v) is 4.78. The van der Waals surface area contributed by atoms with E-state index in [-0.39, 0.29) is 11.4 Å². The Morgan fingerprint density at radius 2 is 2.11 bits per heavy atom. The molecule has 2 rings (SSSR count). The van der Waals surface area contributed by atoms with Crippen molar-refractivity contribution in [1.29, 1.82) is 0 Å². The number of urea groups is 1. The highest BCUT2D eigenvalue weighted by atomic mass is 32.1. The predicted octanol–water partition coefficient (Wildman–Crippen LogP) is 2.43. The summed E-state index contributed by atoms with van der Waals surface area (Å²) in [5.41, 5.74) is 1.63. The number of carboxylic acid groups (broad SMARTS) is 1. The number of amides is 2. The van der Waals surface area contributed by atoms with E-state index in [1.165, 1.54) is 11.3 Å². The molecule has 0 atom stereocenters. The van der Waals surface area contributed by atoms with E-state index in [2.05, 4.69) is 20.6 Å². The smallest absolute Gasteiger partial charge is 0.354 e. The molecule has 0 aliphatic carbocycles. The van der Waals surface area contributed by atoms with Crippen LogP contribution in [0.3, 0.4) is 0 Å². The minimum absolute atomic E-state index is 0.0528. The number of nitrogens with zero attached hydrogens (tertiary/aromatic N) is 1. The van der Waals surface area contributed by atoms with E-state index in [1.807, 2.05) is 6.92 Å². The number of carboxylic acids is 1. The van der Waals surface area contributed by atoms with Gasteiger partial charge in [0, 0.05) is 11.1 Å². The van der Waals surface area contributed by atoms with Gasteiger partial charge in [0.1, 0.15) is 5.69 Å². The van der Waals surface area contributed by atoms with Crippen molar-refractivity contribution in [2.45, 2.75) is 13.8 Å². The summed E-state index contributed by atoms with van der Waals surface area (Å²) in [7, 11) is 0. The first-order chi connectivity index (χ1) is 8.95. The van der Waals surface area contributed by atoms with Gasteiger partial charge in [0.25, 0.3) is 0 Å². The lowest BCUT2D eigenvalue weighted by Crippen LogP contribution is -2.20. The van der Waals surface area contributed by atoms with Crippen molar-refractivity contribution < 1.29 is 14.7 Å². The molecule has 2 aromatic rings. The molecule has 0 saturated heterocycles. The Balaban J connectivity index is 2.08. The molecule has 19 heavy (non-hydrogen) atoms. The van der Waals surface area contributed by atoms with Crippen molar-refractivity contribution >= 4 is 34.2 Å². The molecule has 2 aromatic heterocycles. The van der Waals surface area contributed by atoms with Gasteiger partial charge < -0.3 is 15.4 Å². The third-order valence-corrected chi connectivity index (χ3v) is 3.13. The number of nitrogens with one attached hydrogen (secondary N) is 3. The van der Waals surface area contributed by atoms with E-state index < -0.39 is 12.0 Å². The Bertz CT molecular complexity index is 632. The van der Waals surface area contributed by atoms with E-state index >= 15 is 0 Å². The van der Waals surface area contributed by atoms with E-state index in [0.717, 1.165) is 5.69 Å². The molecule has 0 unspecified atom stereocenters. The van der Waals surface area contributed by atoms with Gasteiger partial charge in [-0.15, -0.1) is 11.3 Å². The van der Waals surface area contributed by atoms with Crippen LogP contribution in [-0.4, -0.2) is 27.1 Å². The number of carbonyl (C=O) groups excluding carboxylic acids is 1. The molecule has 4 N–H and O–H groups in total. The number of rotatable bonds is 3. The second-order valence-electron chi connectivity index (χ2n) is 3.92. The quantitative estimate of drug-likeness (QED) is 0.692. The van der Waals surface area contributed by atoms with E-state index in [1.54, 1.807) is 18.4 Å². The summed E-state index contributed by atoms with van der Waals surface area (Å²) in [5.74, 6) is -1.13. The molecule has 0 aliphatic heterocycles. The Kier molecular flexibility index (Phi) is 3.52. The molecule has 0 aromatic carbocycles. The van der Waals surface area contributed by atoms with Crippen LogP contribution in [0.15, 0.2) is 11.4 Å². The van der Waals surface area contributed by atoms with Gasteiger partial charge in [0.05, 0.1) is 11.4 Å². The monoisotopic (exact) mass is 280 g/mol. The Hall–Kier alpha value is -2.35. The van der Waals surface area contributed by atoms with Crippen LogP contribution in [0, 0.1) is 13.8 Å². The zero-order valence-electron chi connectivity index (χ0n) is 10.3. The largest absolute Gasteiger partial charge is 0.477 e. The molecule has 0 fully saturated rings. The molecule has 0 radical (unpaired) electrons. The fraction of sp³-hybridized carbons (Fsp3) is 0.182. The topological polar surface area (TPSA) is 107 Å². The van der Waals surface area contributed by atoms with Crippen LogP contribution in [0.4, 0.5) is 15.6 Å². The highest BCUT2D eigenvalue weighted by Crippen LogP contribution is 2.18. The van der Waals surface area contributed by atoms with Gasteiger partial charge >= 0.3 is 12.0 Å². The number of hydrogen-bond donors (Lipinski definition) is 4. The zero-order chi connectivity index (χ0) is 14.0. The van der Waals surface area contributed by atoms with Crippen molar-refractivity contribution in [1.82, 2.24) is 9.97 Å². The van der Waals surface area contributed by atoms with Gasteiger partial charge in [0.2, 0.25) is 0 Å². The molecule has 0 bridgehead atoms. The van der Waals surface area contributed by atoms with Crippen LogP contribution in [0.5, 0.6) is 0 Å². The molecule has 7 nitrogen and oxygen atoms in total. The summed E-state index contributed by atoms with van der Waals surface area (Å²) >= 11 is 1.30. The Morgan fingerprint density at radius 1 is 1.37 bits per heavy atom. The number of anilines is 2. The van der Waals surface area contributed by atoms with Crippen molar-refractivity contribution in [3.63, 3.8) is 0 Å². The fourth-order valence-corrected chi connectivity index (χ4v) is 2.20. The highest BCUT2D eigenvalue weighted by Gasteiger charge is 2.15. The average Bonchev–Trinajstić information content (AvgIpc) is 2.85. The molecule has 0 saturated carbocycles. The molecule has 2 amide bonds. The SMILES string of the molecule is Cc1csc(NC(=O)Nc2cc(C)[nH]c2C(=O)O)n1. The van der Waals surface area contributed by atoms with Crippen LogP contribution in [0.2, 0.25) is 0 Å². The Labute approximate surface area is 112 Å². The maximum absolute atomic E-state index is 11.7. The van der Waals surface area contributed by atoms with Crippen molar-refractivity contribution in [3.8, 4) is 0 Å². The fourth-order valence-electron chi connectivity index (χ4n) is 1.52. The summed E-state index contributed by atoms with van der Waals surface area (Å²) in [6.07, 6.45) is 0. The Morgan fingerprint density at radius 3 is 2.68 bits per heavy atom. The average molecular weight is 280 g/mol. The lowest BCUT2D eigenvalue weighted by Gasteiger charge is -2.04. The predicted molar refractivity (Wildman–Crippen MR) is 72.0 cm³/mol. The van der Waals surface area contributed by atoms with E-state index in [4.69, 9.17) is 5.11 Å². The van der Waals surface area contributed by atoms with Gasteiger partial charge in [-0.3, -0.25) is 5.32 Å². The van der Waals surface area contributed by atoms with Crippen LogP contribution in [0.25, 0.3) is 0 Å². The third kappa shape index (κ3) is 3.10. The molecule has 0 aliphatic rings. The lowest BCUT2D eigenvalue weighted by molar-refractivity contribution is 0.0692. The van der Waals surface area contributed by atoms with Gasteiger partial charge in [0.15, 0.2) is 5.13 Å². The minimum atomic E-state index is -1.13. The van der Waals surface area contributed by atoms with Crippen molar-refractivity contribution in [3.05, 3.63) is 28.5 Å². The van der Waals surface area contributed by atoms with Gasteiger partial charge in [-0.05, 0) is 19.9 Å². The summed E-state index contributed by atoms with van der Waals surface area (Å²) in [6.45, 7) is 3.53. The summed E-state index contributed by atoms with van der Waals surface area (Å²) in [5, 5.41) is 16.2.